The first-order chi connectivity index (χ1) is 9.11. The van der Waals surface area contributed by atoms with E-state index in [1.165, 1.54) is 12.1 Å². The first-order valence-electron chi connectivity index (χ1n) is 6.24. The van der Waals surface area contributed by atoms with E-state index in [1.807, 2.05) is 10.8 Å². The third-order valence-electron chi connectivity index (χ3n) is 2.96. The van der Waals surface area contributed by atoms with Gasteiger partial charge in [0.05, 0.1) is 6.10 Å². The van der Waals surface area contributed by atoms with Gasteiger partial charge in [-0.15, -0.1) is 0 Å². The molecule has 0 aliphatic carbocycles. The number of hydrogen-bond acceptors (Lipinski definition) is 2. The Hall–Kier alpha value is -1.20. The summed E-state index contributed by atoms with van der Waals surface area (Å²) in [5.41, 5.74) is 0.674. The van der Waals surface area contributed by atoms with Gasteiger partial charge in [0.25, 0.3) is 0 Å². The van der Waals surface area contributed by atoms with Crippen molar-refractivity contribution in [3.05, 3.63) is 52.3 Å². The first-order valence-corrected chi connectivity index (χ1v) is 7.04. The van der Waals surface area contributed by atoms with E-state index < -0.39 is 6.10 Å². The Morgan fingerprint density at radius 3 is 2.95 bits per heavy atom. The molecule has 1 N–H and O–H groups in total. The Morgan fingerprint density at radius 1 is 1.47 bits per heavy atom. The molecule has 0 amide bonds. The van der Waals surface area contributed by atoms with E-state index in [9.17, 15) is 9.50 Å². The lowest BCUT2D eigenvalue weighted by atomic mass is 10.1. The van der Waals surface area contributed by atoms with Crippen LogP contribution in [0.1, 0.15) is 30.8 Å². The van der Waals surface area contributed by atoms with Crippen LogP contribution in [-0.2, 0) is 13.0 Å². The summed E-state index contributed by atoms with van der Waals surface area (Å²) >= 11 is 3.27. The van der Waals surface area contributed by atoms with Crippen LogP contribution in [0, 0.1) is 5.82 Å². The molecular formula is C14H16BrFN2O. The molecular weight excluding hydrogens is 311 g/mol. The van der Waals surface area contributed by atoms with Crippen LogP contribution in [0.3, 0.4) is 0 Å². The zero-order valence-corrected chi connectivity index (χ0v) is 12.3. The van der Waals surface area contributed by atoms with Gasteiger partial charge in [0.1, 0.15) is 11.6 Å². The second-order valence-electron chi connectivity index (χ2n) is 4.42. The highest BCUT2D eigenvalue weighted by Gasteiger charge is 2.15. The SMILES string of the molecule is CCCn1ccnc1CC(O)c1ccc(F)cc1Br. The minimum absolute atomic E-state index is 0.324. The molecule has 19 heavy (non-hydrogen) atoms. The maximum Gasteiger partial charge on any atom is 0.124 e. The molecule has 0 spiro atoms. The highest BCUT2D eigenvalue weighted by molar-refractivity contribution is 9.10. The van der Waals surface area contributed by atoms with E-state index in [0.717, 1.165) is 18.8 Å². The molecule has 2 aromatic rings. The molecule has 3 nitrogen and oxygen atoms in total. The molecule has 0 bridgehead atoms. The minimum Gasteiger partial charge on any atom is -0.388 e. The molecule has 1 heterocycles. The summed E-state index contributed by atoms with van der Waals surface area (Å²) in [6.07, 6.45) is 4.37. The minimum atomic E-state index is -0.701. The predicted octanol–water partition coefficient (Wildman–Crippen LogP) is 3.47. The van der Waals surface area contributed by atoms with Gasteiger partial charge >= 0.3 is 0 Å². The Balaban J connectivity index is 2.16. The highest BCUT2D eigenvalue weighted by atomic mass is 79.9. The Kier molecular flexibility index (Phi) is 4.71. The van der Waals surface area contributed by atoms with Gasteiger partial charge in [0.15, 0.2) is 0 Å². The zero-order chi connectivity index (χ0) is 13.8. The molecule has 1 aromatic carbocycles. The van der Waals surface area contributed by atoms with Crippen LogP contribution in [0.2, 0.25) is 0 Å². The van der Waals surface area contributed by atoms with E-state index in [2.05, 4.69) is 27.8 Å². The van der Waals surface area contributed by atoms with Gasteiger partial charge in [0, 0.05) is 29.8 Å². The third-order valence-corrected chi connectivity index (χ3v) is 3.65. The number of aliphatic hydroxyl groups is 1. The van der Waals surface area contributed by atoms with Gasteiger partial charge < -0.3 is 9.67 Å². The third kappa shape index (κ3) is 3.42. The summed E-state index contributed by atoms with van der Waals surface area (Å²) in [6, 6.07) is 4.30. The first kappa shape index (κ1) is 14.2. The molecule has 1 unspecified atom stereocenters. The maximum absolute atomic E-state index is 13.0. The van der Waals surface area contributed by atoms with Crippen LogP contribution in [0.25, 0.3) is 0 Å². The summed E-state index contributed by atoms with van der Waals surface area (Å²) in [6.45, 7) is 2.98. The number of benzene rings is 1. The number of aliphatic hydroxyl groups excluding tert-OH is 1. The Labute approximate surface area is 120 Å². The van der Waals surface area contributed by atoms with E-state index in [1.54, 1.807) is 12.3 Å². The van der Waals surface area contributed by atoms with Crippen molar-refractivity contribution in [3.8, 4) is 0 Å². The molecule has 2 rings (SSSR count). The lowest BCUT2D eigenvalue weighted by Crippen LogP contribution is -2.09. The number of rotatable bonds is 5. The number of imidazole rings is 1. The van der Waals surface area contributed by atoms with Crippen LogP contribution < -0.4 is 0 Å². The average Bonchev–Trinajstić information content (AvgIpc) is 2.77. The summed E-state index contributed by atoms with van der Waals surface area (Å²) < 4.78 is 15.6. The fourth-order valence-corrected chi connectivity index (χ4v) is 2.64. The summed E-state index contributed by atoms with van der Waals surface area (Å²) in [5, 5.41) is 10.3. The molecule has 1 atom stereocenters. The van der Waals surface area contributed by atoms with Crippen molar-refractivity contribution in [3.63, 3.8) is 0 Å². The van der Waals surface area contributed by atoms with Gasteiger partial charge in [-0.1, -0.05) is 28.9 Å². The van der Waals surface area contributed by atoms with Crippen LogP contribution in [0.4, 0.5) is 4.39 Å². The maximum atomic E-state index is 13.0. The van der Waals surface area contributed by atoms with Crippen molar-refractivity contribution in [2.24, 2.45) is 0 Å². The zero-order valence-electron chi connectivity index (χ0n) is 10.7. The second kappa shape index (κ2) is 6.30. The molecule has 1 aromatic heterocycles. The van der Waals surface area contributed by atoms with Crippen molar-refractivity contribution in [2.45, 2.75) is 32.4 Å². The highest BCUT2D eigenvalue weighted by Crippen LogP contribution is 2.26. The predicted molar refractivity (Wildman–Crippen MR) is 75.3 cm³/mol. The molecule has 0 saturated heterocycles. The van der Waals surface area contributed by atoms with Crippen LogP contribution in [0.15, 0.2) is 35.1 Å². The average molecular weight is 327 g/mol. The number of nitrogens with zero attached hydrogens (tertiary/aromatic N) is 2. The number of halogens is 2. The van der Waals surface area contributed by atoms with Crippen molar-refractivity contribution < 1.29 is 9.50 Å². The molecule has 102 valence electrons. The van der Waals surface area contributed by atoms with Gasteiger partial charge in [-0.25, -0.2) is 9.37 Å². The lowest BCUT2D eigenvalue weighted by Gasteiger charge is -2.14. The second-order valence-corrected chi connectivity index (χ2v) is 5.28. The molecule has 0 aliphatic rings. The quantitative estimate of drug-likeness (QED) is 0.913. The van der Waals surface area contributed by atoms with Crippen molar-refractivity contribution in [1.82, 2.24) is 9.55 Å². The van der Waals surface area contributed by atoms with Crippen LogP contribution >= 0.6 is 15.9 Å². The molecule has 0 radical (unpaired) electrons. The molecule has 0 aliphatic heterocycles. The molecule has 0 fully saturated rings. The standard InChI is InChI=1S/C14H16BrFN2O/c1-2-6-18-7-5-17-14(18)9-13(19)11-4-3-10(16)8-12(11)15/h3-5,7-8,13,19H,2,6,9H2,1H3. The summed E-state index contributed by atoms with van der Waals surface area (Å²) in [4.78, 5) is 4.26. The van der Waals surface area contributed by atoms with Crippen LogP contribution in [-0.4, -0.2) is 14.7 Å². The Morgan fingerprint density at radius 2 is 2.26 bits per heavy atom. The van der Waals surface area contributed by atoms with Gasteiger partial charge in [-0.3, -0.25) is 0 Å². The summed E-state index contributed by atoms with van der Waals surface area (Å²) in [7, 11) is 0. The lowest BCUT2D eigenvalue weighted by molar-refractivity contribution is 0.173. The summed E-state index contributed by atoms with van der Waals surface area (Å²) in [5.74, 6) is 0.515. The van der Waals surface area contributed by atoms with Crippen molar-refractivity contribution >= 4 is 15.9 Å². The number of aromatic nitrogens is 2. The van der Waals surface area contributed by atoms with Crippen molar-refractivity contribution in [1.29, 1.82) is 0 Å². The largest absolute Gasteiger partial charge is 0.388 e. The van der Waals surface area contributed by atoms with E-state index in [4.69, 9.17) is 0 Å². The normalized spacial score (nSPS) is 12.6. The molecule has 0 saturated carbocycles. The van der Waals surface area contributed by atoms with Crippen molar-refractivity contribution in [2.75, 3.05) is 0 Å². The van der Waals surface area contributed by atoms with Crippen LogP contribution in [0.5, 0.6) is 0 Å². The van der Waals surface area contributed by atoms with Gasteiger partial charge in [0.2, 0.25) is 0 Å². The Bertz CT molecular complexity index is 556. The van der Waals surface area contributed by atoms with Gasteiger partial charge in [-0.2, -0.15) is 0 Å². The fourth-order valence-electron chi connectivity index (χ4n) is 2.03. The van der Waals surface area contributed by atoms with E-state index >= 15 is 0 Å². The van der Waals surface area contributed by atoms with Gasteiger partial charge in [-0.05, 0) is 24.1 Å². The van der Waals surface area contributed by atoms with E-state index in [0.29, 0.717) is 16.5 Å². The number of aryl methyl sites for hydroxylation is 1. The number of hydrogen-bond donors (Lipinski definition) is 1. The fraction of sp³-hybridized carbons (Fsp3) is 0.357. The van der Waals surface area contributed by atoms with E-state index in [-0.39, 0.29) is 5.82 Å². The molecule has 5 heteroatoms. The smallest absolute Gasteiger partial charge is 0.124 e. The monoisotopic (exact) mass is 326 g/mol. The topological polar surface area (TPSA) is 38.0 Å².